The van der Waals surface area contributed by atoms with Crippen LogP contribution in [-0.4, -0.2) is 25.0 Å². The summed E-state index contributed by atoms with van der Waals surface area (Å²) < 4.78 is 23.4. The van der Waals surface area contributed by atoms with Crippen molar-refractivity contribution in [1.29, 1.82) is 0 Å². The molecule has 3 rings (SSSR count). The topological polar surface area (TPSA) is 117 Å². The number of hydrazone groups is 1. The Morgan fingerprint density at radius 1 is 1.12 bits per heavy atom. The molecule has 1 aromatic heterocycles. The molecule has 0 unspecified atom stereocenters. The zero-order valence-electron chi connectivity index (χ0n) is 14.3. The van der Waals surface area contributed by atoms with E-state index in [1.807, 2.05) is 30.3 Å². The van der Waals surface area contributed by atoms with Crippen molar-refractivity contribution in [2.45, 2.75) is 18.7 Å². The monoisotopic (exact) mass is 370 g/mol. The lowest BCUT2D eigenvalue weighted by Gasteiger charge is -2.05. The highest BCUT2D eigenvalue weighted by Gasteiger charge is 2.20. The number of carbonyl (C=O) groups is 1. The van der Waals surface area contributed by atoms with Gasteiger partial charge >= 0.3 is 0 Å². The Bertz CT molecular complexity index is 1110. The van der Waals surface area contributed by atoms with Crippen LogP contribution in [0.25, 0.3) is 22.0 Å². The number of benzene rings is 2. The van der Waals surface area contributed by atoms with E-state index in [1.165, 1.54) is 12.1 Å². The van der Waals surface area contributed by atoms with Gasteiger partial charge in [-0.15, -0.1) is 0 Å². The molecule has 0 fully saturated rings. The summed E-state index contributed by atoms with van der Waals surface area (Å²) in [6.07, 6.45) is 0. The van der Waals surface area contributed by atoms with Crippen molar-refractivity contribution < 1.29 is 13.2 Å². The molecule has 0 radical (unpaired) electrons. The van der Waals surface area contributed by atoms with Crippen molar-refractivity contribution in [1.82, 2.24) is 10.4 Å². The third kappa shape index (κ3) is 3.51. The predicted molar refractivity (Wildman–Crippen MR) is 101 cm³/mol. The quantitative estimate of drug-likeness (QED) is 0.484. The fourth-order valence-corrected chi connectivity index (χ4v) is 3.18. The highest BCUT2D eigenvalue weighted by Crippen LogP contribution is 2.33. The van der Waals surface area contributed by atoms with Crippen LogP contribution in [0.4, 0.5) is 0 Å². The summed E-state index contributed by atoms with van der Waals surface area (Å²) in [5, 5.41) is 9.78. The Kier molecular flexibility index (Phi) is 4.62. The number of nitrogens with one attached hydrogen (secondary N) is 2. The van der Waals surface area contributed by atoms with E-state index in [0.29, 0.717) is 27.9 Å². The molecule has 0 bridgehead atoms. The van der Waals surface area contributed by atoms with Crippen LogP contribution in [0, 0.1) is 0 Å². The van der Waals surface area contributed by atoms with Crippen LogP contribution in [0.2, 0.25) is 0 Å². The van der Waals surface area contributed by atoms with Crippen molar-refractivity contribution in [3.63, 3.8) is 0 Å². The van der Waals surface area contributed by atoms with Gasteiger partial charge in [0.15, 0.2) is 0 Å². The van der Waals surface area contributed by atoms with E-state index in [2.05, 4.69) is 15.5 Å². The molecule has 3 aromatic rings. The third-order valence-corrected chi connectivity index (χ3v) is 4.68. The lowest BCUT2D eigenvalue weighted by atomic mass is 10.0. The fraction of sp³-hybridized carbons (Fsp3) is 0.111. The summed E-state index contributed by atoms with van der Waals surface area (Å²) >= 11 is 0. The molecular weight excluding hydrogens is 352 g/mol. The number of primary sulfonamides is 1. The molecule has 0 saturated carbocycles. The summed E-state index contributed by atoms with van der Waals surface area (Å²) in [6.45, 7) is 3.53. The molecule has 0 spiro atoms. The van der Waals surface area contributed by atoms with E-state index in [9.17, 15) is 13.2 Å². The standard InChI is InChI=1S/C18H18N4O3S/c1-11(2)21-22-18(23)17-16(12-6-4-3-5-7-12)14-10-13(26(19,24)25)8-9-15(14)20-17/h3-10,20H,1-2H3,(H,22,23)(H2,19,24,25). The van der Waals surface area contributed by atoms with E-state index in [0.717, 1.165) is 5.56 Å². The first-order chi connectivity index (χ1) is 12.3. The van der Waals surface area contributed by atoms with E-state index < -0.39 is 15.9 Å². The number of rotatable bonds is 4. The Morgan fingerprint density at radius 2 is 1.81 bits per heavy atom. The van der Waals surface area contributed by atoms with Gasteiger partial charge in [-0.1, -0.05) is 30.3 Å². The van der Waals surface area contributed by atoms with Crippen molar-refractivity contribution in [3.8, 4) is 11.1 Å². The number of amides is 1. The molecule has 2 aromatic carbocycles. The molecular formula is C18H18N4O3S. The third-order valence-electron chi connectivity index (χ3n) is 3.77. The van der Waals surface area contributed by atoms with Crippen molar-refractivity contribution in [3.05, 3.63) is 54.2 Å². The number of hydrogen-bond donors (Lipinski definition) is 3. The fourth-order valence-electron chi connectivity index (χ4n) is 2.64. The molecule has 0 saturated heterocycles. The number of aromatic nitrogens is 1. The summed E-state index contributed by atoms with van der Waals surface area (Å²) in [5.41, 5.74) is 5.47. The van der Waals surface area contributed by atoms with Gasteiger partial charge in [-0.05, 0) is 37.6 Å². The maximum absolute atomic E-state index is 12.6. The normalized spacial score (nSPS) is 11.3. The second kappa shape index (κ2) is 6.74. The molecule has 0 atom stereocenters. The molecule has 0 aliphatic rings. The van der Waals surface area contributed by atoms with E-state index in [1.54, 1.807) is 19.9 Å². The molecule has 26 heavy (non-hydrogen) atoms. The van der Waals surface area contributed by atoms with Crippen molar-refractivity contribution >= 4 is 32.5 Å². The Morgan fingerprint density at radius 3 is 2.42 bits per heavy atom. The minimum Gasteiger partial charge on any atom is -0.350 e. The lowest BCUT2D eigenvalue weighted by molar-refractivity contribution is 0.0951. The second-order valence-corrected chi connectivity index (χ2v) is 7.55. The van der Waals surface area contributed by atoms with Crippen molar-refractivity contribution in [2.75, 3.05) is 0 Å². The largest absolute Gasteiger partial charge is 0.350 e. The minimum absolute atomic E-state index is 0.0180. The molecule has 1 amide bonds. The van der Waals surface area contributed by atoms with Crippen LogP contribution in [0.1, 0.15) is 24.3 Å². The van der Waals surface area contributed by atoms with Gasteiger partial charge in [-0.3, -0.25) is 4.79 Å². The Balaban J connectivity index is 2.27. The van der Waals surface area contributed by atoms with E-state index in [4.69, 9.17) is 5.14 Å². The van der Waals surface area contributed by atoms with Crippen molar-refractivity contribution in [2.24, 2.45) is 10.2 Å². The lowest BCUT2D eigenvalue weighted by Crippen LogP contribution is -2.19. The smallest absolute Gasteiger partial charge is 0.288 e. The molecule has 7 nitrogen and oxygen atoms in total. The van der Waals surface area contributed by atoms with Gasteiger partial charge in [0.05, 0.1) is 4.90 Å². The highest BCUT2D eigenvalue weighted by molar-refractivity contribution is 7.89. The molecule has 8 heteroatoms. The highest BCUT2D eigenvalue weighted by atomic mass is 32.2. The van der Waals surface area contributed by atoms with E-state index >= 15 is 0 Å². The van der Waals surface area contributed by atoms with Gasteiger partial charge in [0.2, 0.25) is 10.0 Å². The molecule has 134 valence electrons. The molecule has 1 heterocycles. The van der Waals surface area contributed by atoms with E-state index in [-0.39, 0.29) is 4.90 Å². The molecule has 4 N–H and O–H groups in total. The number of carbonyl (C=O) groups excluding carboxylic acids is 1. The van der Waals surface area contributed by atoms with Crippen LogP contribution in [0.5, 0.6) is 0 Å². The second-order valence-electron chi connectivity index (χ2n) is 5.99. The number of fused-ring (bicyclic) bond motifs is 1. The predicted octanol–water partition coefficient (Wildman–Crippen LogP) is 2.61. The average molecular weight is 370 g/mol. The SMILES string of the molecule is CC(C)=NNC(=O)c1[nH]c2ccc(S(N)(=O)=O)cc2c1-c1ccccc1. The van der Waals surface area contributed by atoms with Gasteiger partial charge in [-0.2, -0.15) is 5.10 Å². The van der Waals surface area contributed by atoms with Crippen LogP contribution in [-0.2, 0) is 10.0 Å². The Hall–Kier alpha value is -2.97. The summed E-state index contributed by atoms with van der Waals surface area (Å²) in [4.78, 5) is 15.6. The number of aromatic amines is 1. The van der Waals surface area contributed by atoms with Gasteiger partial charge in [0.25, 0.3) is 5.91 Å². The minimum atomic E-state index is -3.86. The first kappa shape index (κ1) is 17.8. The first-order valence-corrected chi connectivity index (χ1v) is 9.37. The zero-order valence-corrected chi connectivity index (χ0v) is 15.1. The Labute approximate surface area is 151 Å². The number of nitrogens with zero attached hydrogens (tertiary/aromatic N) is 1. The summed E-state index contributed by atoms with van der Waals surface area (Å²) in [7, 11) is -3.86. The van der Waals surface area contributed by atoms with Crippen LogP contribution in [0.15, 0.2) is 58.5 Å². The summed E-state index contributed by atoms with van der Waals surface area (Å²) in [6, 6.07) is 13.7. The number of hydrogen-bond acceptors (Lipinski definition) is 4. The maximum Gasteiger partial charge on any atom is 0.288 e. The molecule has 0 aliphatic carbocycles. The van der Waals surface area contributed by atoms with Crippen LogP contribution in [0.3, 0.4) is 0 Å². The van der Waals surface area contributed by atoms with Gasteiger partial charge in [0, 0.05) is 22.2 Å². The first-order valence-electron chi connectivity index (χ1n) is 7.82. The summed E-state index contributed by atoms with van der Waals surface area (Å²) in [5.74, 6) is -0.418. The average Bonchev–Trinajstić information content (AvgIpc) is 2.98. The number of nitrogens with two attached hydrogens (primary N) is 1. The van der Waals surface area contributed by atoms with Crippen LogP contribution < -0.4 is 10.6 Å². The van der Waals surface area contributed by atoms with Crippen LogP contribution >= 0.6 is 0 Å². The zero-order chi connectivity index (χ0) is 18.9. The molecule has 0 aliphatic heterocycles. The number of H-pyrrole nitrogens is 1. The van der Waals surface area contributed by atoms with Gasteiger partial charge < -0.3 is 4.98 Å². The number of sulfonamides is 1. The van der Waals surface area contributed by atoms with Gasteiger partial charge in [-0.25, -0.2) is 19.0 Å². The van der Waals surface area contributed by atoms with Gasteiger partial charge in [0.1, 0.15) is 5.69 Å². The maximum atomic E-state index is 12.6.